The van der Waals surface area contributed by atoms with Crippen molar-refractivity contribution in [2.45, 2.75) is 72.0 Å². The highest BCUT2D eigenvalue weighted by Gasteiger charge is 2.38. The van der Waals surface area contributed by atoms with Gasteiger partial charge in [-0.25, -0.2) is 18.4 Å². The zero-order chi connectivity index (χ0) is 28.5. The van der Waals surface area contributed by atoms with Crippen LogP contribution in [0.1, 0.15) is 51.7 Å². The smallest absolute Gasteiger partial charge is 0.333 e. The monoisotopic (exact) mass is 555 g/mol. The van der Waals surface area contributed by atoms with Crippen LogP contribution in [0.5, 0.6) is 5.75 Å². The first-order valence-corrected chi connectivity index (χ1v) is 13.8. The van der Waals surface area contributed by atoms with Crippen molar-refractivity contribution in [1.29, 1.82) is 0 Å². The maximum absolute atomic E-state index is 14.1. The summed E-state index contributed by atoms with van der Waals surface area (Å²) in [5, 5.41) is 8.31. The Morgan fingerprint density at radius 2 is 2.03 bits per heavy atom. The van der Waals surface area contributed by atoms with Gasteiger partial charge in [-0.1, -0.05) is 25.2 Å². The van der Waals surface area contributed by atoms with E-state index in [-0.39, 0.29) is 25.4 Å². The lowest BCUT2D eigenvalue weighted by Gasteiger charge is -2.31. The van der Waals surface area contributed by atoms with E-state index in [1.54, 1.807) is 43.1 Å². The molecule has 0 spiro atoms. The molecule has 0 aliphatic rings. The predicted octanol–water partition coefficient (Wildman–Crippen LogP) is 4.15. The van der Waals surface area contributed by atoms with Crippen LogP contribution >= 0.6 is 11.3 Å². The van der Waals surface area contributed by atoms with Gasteiger partial charge in [0.05, 0.1) is 12.5 Å². The molecule has 0 saturated carbocycles. The number of ether oxygens (including phenoxy) is 1. The predicted molar refractivity (Wildman–Crippen MR) is 151 cm³/mol. The van der Waals surface area contributed by atoms with Crippen LogP contribution in [-0.4, -0.2) is 38.0 Å². The summed E-state index contributed by atoms with van der Waals surface area (Å²) >= 11 is 1.28. The van der Waals surface area contributed by atoms with Gasteiger partial charge in [0.1, 0.15) is 26.9 Å². The molecule has 9 nitrogen and oxygen atoms in total. The van der Waals surface area contributed by atoms with Gasteiger partial charge < -0.3 is 10.1 Å². The Morgan fingerprint density at radius 1 is 1.28 bits per heavy atom. The van der Waals surface area contributed by atoms with Gasteiger partial charge >= 0.3 is 5.69 Å². The number of aromatic nitrogens is 4. The number of carbonyl (C=O) groups is 1. The number of methoxy groups -OCH3 is 1. The van der Waals surface area contributed by atoms with Crippen LogP contribution in [-0.2, 0) is 23.3 Å². The number of benzene rings is 1. The van der Waals surface area contributed by atoms with Crippen LogP contribution in [0.4, 0.5) is 4.39 Å². The molecule has 0 aliphatic carbocycles. The minimum Gasteiger partial charge on any atom is -0.496 e. The molecular weight excluding hydrogens is 521 g/mol. The fourth-order valence-corrected chi connectivity index (χ4v) is 5.91. The molecule has 0 aliphatic heterocycles. The second-order valence-corrected chi connectivity index (χ2v) is 10.8. The zero-order valence-electron chi connectivity index (χ0n) is 23.1. The molecule has 0 bridgehead atoms. The van der Waals surface area contributed by atoms with Gasteiger partial charge in [0.25, 0.3) is 5.56 Å². The van der Waals surface area contributed by atoms with Crippen molar-refractivity contribution < 1.29 is 13.9 Å². The van der Waals surface area contributed by atoms with Crippen LogP contribution in [0.2, 0.25) is 0 Å². The molecule has 1 amide bonds. The van der Waals surface area contributed by atoms with Gasteiger partial charge in [-0.15, -0.1) is 0 Å². The minimum absolute atomic E-state index is 0.125. The van der Waals surface area contributed by atoms with Crippen molar-refractivity contribution in [3.05, 3.63) is 74.4 Å². The van der Waals surface area contributed by atoms with Gasteiger partial charge in [-0.3, -0.25) is 14.2 Å². The van der Waals surface area contributed by atoms with E-state index in [2.05, 4.69) is 10.4 Å². The Morgan fingerprint density at radius 3 is 2.64 bits per heavy atom. The fourth-order valence-electron chi connectivity index (χ4n) is 4.65. The SMILES string of the molecule is CCC(C)NC(=O)C(C)(CC)n1c(=O)c2c(C)c(-n3cccn3)sc2n(CCc2cc(F)ccc2OC)c1=O. The molecule has 4 aromatic rings. The fraction of sp³-hybridized carbons (Fsp3) is 0.429. The number of halogens is 1. The Labute approximate surface area is 229 Å². The van der Waals surface area contributed by atoms with Crippen LogP contribution in [0, 0.1) is 12.7 Å². The Hall–Kier alpha value is -3.73. The molecule has 0 radical (unpaired) electrons. The third-order valence-electron chi connectivity index (χ3n) is 7.41. The zero-order valence-corrected chi connectivity index (χ0v) is 23.9. The number of hydrogen-bond donors (Lipinski definition) is 1. The van der Waals surface area contributed by atoms with Crippen molar-refractivity contribution in [2.24, 2.45) is 0 Å². The van der Waals surface area contributed by atoms with Crippen molar-refractivity contribution in [1.82, 2.24) is 24.2 Å². The van der Waals surface area contributed by atoms with Crippen LogP contribution in [0.3, 0.4) is 0 Å². The van der Waals surface area contributed by atoms with E-state index >= 15 is 0 Å². The van der Waals surface area contributed by atoms with Crippen molar-refractivity contribution in [3.8, 4) is 10.8 Å². The number of hydrogen-bond acceptors (Lipinski definition) is 6. The maximum Gasteiger partial charge on any atom is 0.333 e. The highest BCUT2D eigenvalue weighted by Crippen LogP contribution is 2.32. The molecule has 0 saturated heterocycles. The summed E-state index contributed by atoms with van der Waals surface area (Å²) in [5.74, 6) is -0.308. The molecule has 1 aromatic carbocycles. The summed E-state index contributed by atoms with van der Waals surface area (Å²) < 4.78 is 23.7. The largest absolute Gasteiger partial charge is 0.496 e. The van der Waals surface area contributed by atoms with E-state index < -0.39 is 28.5 Å². The van der Waals surface area contributed by atoms with Crippen molar-refractivity contribution in [3.63, 3.8) is 0 Å². The van der Waals surface area contributed by atoms with E-state index in [4.69, 9.17) is 4.74 Å². The molecule has 11 heteroatoms. The number of thiophene rings is 1. The van der Waals surface area contributed by atoms with E-state index in [0.717, 1.165) is 4.57 Å². The number of aryl methyl sites for hydroxylation is 3. The second kappa shape index (κ2) is 11.2. The highest BCUT2D eigenvalue weighted by molar-refractivity contribution is 7.21. The van der Waals surface area contributed by atoms with Crippen molar-refractivity contribution in [2.75, 3.05) is 7.11 Å². The highest BCUT2D eigenvalue weighted by atomic mass is 32.1. The van der Waals surface area contributed by atoms with Gasteiger partial charge in [0.15, 0.2) is 0 Å². The first-order valence-electron chi connectivity index (χ1n) is 13.0. The molecule has 1 N–H and O–H groups in total. The molecular formula is C28H34FN5O4S. The summed E-state index contributed by atoms with van der Waals surface area (Å²) in [4.78, 5) is 42.2. The van der Waals surface area contributed by atoms with Crippen LogP contribution in [0.25, 0.3) is 15.2 Å². The topological polar surface area (TPSA) is 100 Å². The van der Waals surface area contributed by atoms with Gasteiger partial charge in [0, 0.05) is 30.5 Å². The average molecular weight is 556 g/mol. The van der Waals surface area contributed by atoms with Gasteiger partial charge in [-0.05, 0) is 69.9 Å². The lowest BCUT2D eigenvalue weighted by molar-refractivity contribution is -0.130. The third-order valence-corrected chi connectivity index (χ3v) is 8.71. The quantitative estimate of drug-likeness (QED) is 0.317. The molecule has 3 aromatic heterocycles. The molecule has 3 heterocycles. The lowest BCUT2D eigenvalue weighted by Crippen LogP contribution is -2.58. The first-order chi connectivity index (χ1) is 18.6. The van der Waals surface area contributed by atoms with E-state index in [0.29, 0.717) is 38.5 Å². The summed E-state index contributed by atoms with van der Waals surface area (Å²) in [6.45, 7) is 9.18. The van der Waals surface area contributed by atoms with E-state index in [1.165, 1.54) is 35.1 Å². The van der Waals surface area contributed by atoms with Gasteiger partial charge in [0.2, 0.25) is 5.91 Å². The Balaban J connectivity index is 1.98. The first kappa shape index (κ1) is 28.3. The number of fused-ring (bicyclic) bond motifs is 1. The summed E-state index contributed by atoms with van der Waals surface area (Å²) in [6.07, 6.45) is 4.60. The van der Waals surface area contributed by atoms with Gasteiger partial charge in [-0.2, -0.15) is 5.10 Å². The molecule has 2 atom stereocenters. The van der Waals surface area contributed by atoms with E-state index in [1.807, 2.05) is 20.8 Å². The third kappa shape index (κ3) is 5.03. The Kier molecular flexibility index (Phi) is 8.10. The summed E-state index contributed by atoms with van der Waals surface area (Å²) in [6, 6.07) is 5.89. The molecule has 2 unspecified atom stereocenters. The lowest BCUT2D eigenvalue weighted by atomic mass is 9.96. The molecule has 4 rings (SSSR count). The Bertz CT molecular complexity index is 1620. The van der Waals surface area contributed by atoms with E-state index in [9.17, 15) is 18.8 Å². The number of nitrogens with one attached hydrogen (secondary N) is 1. The minimum atomic E-state index is -1.43. The van der Waals surface area contributed by atoms with Crippen molar-refractivity contribution >= 4 is 27.5 Å². The molecule has 0 fully saturated rings. The standard InChI is InChI=1S/C28H34FN5O4S/c1-7-17(3)31-26(36)28(5,8-2)34-23(35)22-18(4)24(33-14-9-13-30-33)39-25(22)32(27(34)37)15-12-19-16-20(29)10-11-21(19)38-6/h9-11,13-14,16-17H,7-8,12,15H2,1-6H3,(H,31,36). The second-order valence-electron chi connectivity index (χ2n) is 9.85. The molecule has 208 valence electrons. The number of carbonyl (C=O) groups excluding carboxylic acids is 1. The summed E-state index contributed by atoms with van der Waals surface area (Å²) in [7, 11) is 1.50. The average Bonchev–Trinajstić information content (AvgIpc) is 3.56. The number of amides is 1. The summed E-state index contributed by atoms with van der Waals surface area (Å²) in [5.41, 5.74) is -1.30. The molecule has 39 heavy (non-hydrogen) atoms. The normalized spacial score (nSPS) is 13.8. The van der Waals surface area contributed by atoms with Crippen LogP contribution in [0.15, 0.2) is 46.2 Å². The van der Waals surface area contributed by atoms with Crippen LogP contribution < -0.4 is 21.3 Å². The maximum atomic E-state index is 14.1. The number of rotatable bonds is 10. The number of nitrogens with zero attached hydrogens (tertiary/aromatic N) is 4.